The number of carbonyl (C=O) groups is 1. The van der Waals surface area contributed by atoms with Gasteiger partial charge in [0, 0.05) is 10.9 Å². The number of rotatable bonds is 4. The Morgan fingerprint density at radius 2 is 2.18 bits per heavy atom. The molecule has 0 amide bonds. The second-order valence-corrected chi connectivity index (χ2v) is 6.20. The van der Waals surface area contributed by atoms with Crippen LogP contribution in [0, 0.1) is 2.88 Å². The average Bonchev–Trinajstić information content (AvgIpc) is 2.76. The lowest BCUT2D eigenvalue weighted by Crippen LogP contribution is -2.04. The van der Waals surface area contributed by atoms with Crippen molar-refractivity contribution in [2.45, 2.75) is 6.92 Å². The highest BCUT2D eigenvalue weighted by atomic mass is 127. The Labute approximate surface area is 118 Å². The molecule has 0 aliphatic heterocycles. The first kappa shape index (κ1) is 12.6. The highest BCUT2D eigenvalue weighted by Crippen LogP contribution is 2.24. The Bertz CT molecular complexity index is 534. The third-order valence-corrected chi connectivity index (χ3v) is 4.05. The van der Waals surface area contributed by atoms with E-state index in [1.54, 1.807) is 17.4 Å². The Morgan fingerprint density at radius 3 is 2.82 bits per heavy atom. The van der Waals surface area contributed by atoms with Crippen molar-refractivity contribution in [2.24, 2.45) is 0 Å². The summed E-state index contributed by atoms with van der Waals surface area (Å²) in [5, 5.41) is 1.88. The van der Waals surface area contributed by atoms with Crippen LogP contribution in [0.5, 0.6) is 5.75 Å². The van der Waals surface area contributed by atoms with E-state index in [1.807, 2.05) is 36.6 Å². The molecule has 0 radical (unpaired) electrons. The monoisotopic (exact) mass is 358 g/mol. The fraction of sp³-hybridized carbons (Fsp3) is 0.154. The number of halogens is 1. The van der Waals surface area contributed by atoms with E-state index in [-0.39, 0.29) is 5.78 Å². The molecule has 2 aromatic rings. The van der Waals surface area contributed by atoms with Crippen molar-refractivity contribution < 1.29 is 9.53 Å². The van der Waals surface area contributed by atoms with E-state index in [4.69, 9.17) is 4.74 Å². The van der Waals surface area contributed by atoms with Gasteiger partial charge >= 0.3 is 0 Å². The number of hydrogen-bond donors (Lipinski definition) is 0. The van der Waals surface area contributed by atoms with E-state index < -0.39 is 0 Å². The molecule has 1 heterocycles. The highest BCUT2D eigenvalue weighted by molar-refractivity contribution is 14.1. The molecule has 0 aliphatic rings. The lowest BCUT2D eigenvalue weighted by Gasteiger charge is -2.07. The van der Waals surface area contributed by atoms with Crippen molar-refractivity contribution in [2.75, 3.05) is 6.61 Å². The molecule has 2 nitrogen and oxygen atoms in total. The van der Waals surface area contributed by atoms with Crippen LogP contribution in [0.2, 0.25) is 0 Å². The summed E-state index contributed by atoms with van der Waals surface area (Å²) in [6.07, 6.45) is 0. The molecule has 0 bridgehead atoms. The van der Waals surface area contributed by atoms with Crippen LogP contribution in [0.25, 0.3) is 0 Å². The maximum Gasteiger partial charge on any atom is 0.197 e. The van der Waals surface area contributed by atoms with E-state index in [9.17, 15) is 4.79 Å². The lowest BCUT2D eigenvalue weighted by molar-refractivity contribution is 0.103. The minimum atomic E-state index is 0.0215. The zero-order chi connectivity index (χ0) is 12.3. The highest BCUT2D eigenvalue weighted by Gasteiger charge is 2.15. The summed E-state index contributed by atoms with van der Waals surface area (Å²) >= 11 is 3.79. The second kappa shape index (κ2) is 5.64. The number of hydrogen-bond acceptors (Lipinski definition) is 3. The largest absolute Gasteiger partial charge is 0.493 e. The smallest absolute Gasteiger partial charge is 0.197 e. The topological polar surface area (TPSA) is 26.3 Å². The normalized spacial score (nSPS) is 10.2. The van der Waals surface area contributed by atoms with Gasteiger partial charge in [0.25, 0.3) is 0 Å². The molecule has 0 saturated heterocycles. The van der Waals surface area contributed by atoms with Gasteiger partial charge in [-0.3, -0.25) is 4.79 Å². The zero-order valence-electron chi connectivity index (χ0n) is 9.27. The summed E-state index contributed by atoms with van der Waals surface area (Å²) in [5.41, 5.74) is 1.36. The molecule has 17 heavy (non-hydrogen) atoms. The molecule has 0 fully saturated rings. The number of thiophene rings is 1. The van der Waals surface area contributed by atoms with Gasteiger partial charge in [-0.25, -0.2) is 0 Å². The fourth-order valence-electron chi connectivity index (χ4n) is 1.52. The number of benzene rings is 1. The summed E-state index contributed by atoms with van der Waals surface area (Å²) in [6, 6.07) is 9.26. The molecule has 2 rings (SSSR count). The van der Waals surface area contributed by atoms with E-state index in [2.05, 4.69) is 22.6 Å². The fourth-order valence-corrected chi connectivity index (χ4v) is 2.85. The molecule has 1 aromatic heterocycles. The van der Waals surface area contributed by atoms with Gasteiger partial charge in [-0.15, -0.1) is 11.3 Å². The maximum atomic E-state index is 12.3. The van der Waals surface area contributed by atoms with Crippen LogP contribution in [0.15, 0.2) is 35.7 Å². The van der Waals surface area contributed by atoms with Gasteiger partial charge < -0.3 is 4.74 Å². The summed E-state index contributed by atoms with van der Waals surface area (Å²) in [7, 11) is 0. The van der Waals surface area contributed by atoms with E-state index in [0.717, 1.165) is 8.45 Å². The van der Waals surface area contributed by atoms with Gasteiger partial charge in [0.1, 0.15) is 5.75 Å². The van der Waals surface area contributed by atoms with Gasteiger partial charge in [-0.1, -0.05) is 12.1 Å². The average molecular weight is 358 g/mol. The van der Waals surface area contributed by atoms with Crippen LogP contribution < -0.4 is 4.74 Å². The van der Waals surface area contributed by atoms with Gasteiger partial charge in [0.15, 0.2) is 5.78 Å². The lowest BCUT2D eigenvalue weighted by atomic mass is 10.1. The molecule has 1 aromatic carbocycles. The minimum Gasteiger partial charge on any atom is -0.493 e. The van der Waals surface area contributed by atoms with E-state index >= 15 is 0 Å². The number of ketones is 1. The molecule has 0 aliphatic carbocycles. The van der Waals surface area contributed by atoms with Crippen LogP contribution in [0.3, 0.4) is 0 Å². The standard InChI is InChI=1S/C13H11IO2S/c1-2-16-11-6-4-3-5-10(11)13(15)9-7-12(14)17-8-9/h3-8H,2H2,1H3. The first-order valence-electron chi connectivity index (χ1n) is 5.23. The molecule has 0 saturated carbocycles. The van der Waals surface area contributed by atoms with Gasteiger partial charge in [-0.05, 0) is 47.7 Å². The summed E-state index contributed by atoms with van der Waals surface area (Å²) in [4.78, 5) is 12.3. The van der Waals surface area contributed by atoms with Crippen molar-refractivity contribution in [1.82, 2.24) is 0 Å². The SMILES string of the molecule is CCOc1ccccc1C(=O)c1csc(I)c1. The quantitative estimate of drug-likeness (QED) is 0.611. The number of carbonyl (C=O) groups excluding carboxylic acids is 1. The predicted octanol–water partition coefficient (Wildman–Crippen LogP) is 3.98. The molecule has 0 spiro atoms. The van der Waals surface area contributed by atoms with Crippen molar-refractivity contribution in [3.63, 3.8) is 0 Å². The van der Waals surface area contributed by atoms with Crippen LogP contribution in [-0.2, 0) is 0 Å². The number of para-hydroxylation sites is 1. The Kier molecular flexibility index (Phi) is 4.17. The molecule has 0 N–H and O–H groups in total. The number of ether oxygens (including phenoxy) is 1. The van der Waals surface area contributed by atoms with Gasteiger partial charge in [0.2, 0.25) is 0 Å². The zero-order valence-corrected chi connectivity index (χ0v) is 12.2. The van der Waals surface area contributed by atoms with Crippen LogP contribution in [0.1, 0.15) is 22.8 Å². The van der Waals surface area contributed by atoms with Crippen molar-refractivity contribution in [1.29, 1.82) is 0 Å². The Balaban J connectivity index is 2.36. The molecule has 0 atom stereocenters. The molecular formula is C13H11IO2S. The molecule has 0 unspecified atom stereocenters. The van der Waals surface area contributed by atoms with E-state index in [0.29, 0.717) is 17.9 Å². The maximum absolute atomic E-state index is 12.3. The third kappa shape index (κ3) is 2.87. The molecular weight excluding hydrogens is 347 g/mol. The van der Waals surface area contributed by atoms with Crippen molar-refractivity contribution in [3.8, 4) is 5.75 Å². The predicted molar refractivity (Wildman–Crippen MR) is 78.1 cm³/mol. The molecule has 88 valence electrons. The Hall–Kier alpha value is -0.880. The summed E-state index contributed by atoms with van der Waals surface area (Å²) < 4.78 is 6.58. The van der Waals surface area contributed by atoms with Crippen molar-refractivity contribution >= 4 is 39.7 Å². The van der Waals surface area contributed by atoms with Crippen LogP contribution >= 0.6 is 33.9 Å². The molecule has 4 heteroatoms. The van der Waals surface area contributed by atoms with Crippen molar-refractivity contribution in [3.05, 3.63) is 49.7 Å². The summed E-state index contributed by atoms with van der Waals surface area (Å²) in [6.45, 7) is 2.47. The van der Waals surface area contributed by atoms with Gasteiger partial charge in [-0.2, -0.15) is 0 Å². The third-order valence-electron chi connectivity index (χ3n) is 2.26. The van der Waals surface area contributed by atoms with E-state index in [1.165, 1.54) is 0 Å². The summed E-state index contributed by atoms with van der Waals surface area (Å²) in [5.74, 6) is 0.675. The van der Waals surface area contributed by atoms with Crippen LogP contribution in [-0.4, -0.2) is 12.4 Å². The van der Waals surface area contributed by atoms with Crippen LogP contribution in [0.4, 0.5) is 0 Å². The van der Waals surface area contributed by atoms with Gasteiger partial charge in [0.05, 0.1) is 15.1 Å². The second-order valence-electron chi connectivity index (χ2n) is 3.40. The Morgan fingerprint density at radius 1 is 1.41 bits per heavy atom. The first-order valence-corrected chi connectivity index (χ1v) is 7.18. The minimum absolute atomic E-state index is 0.0215. The first-order chi connectivity index (χ1) is 8.22.